The highest BCUT2D eigenvalue weighted by Crippen LogP contribution is 2.79. The molecule has 0 spiro atoms. The molecule has 0 bridgehead atoms. The van der Waals surface area contributed by atoms with E-state index in [0.29, 0.717) is 0 Å². The van der Waals surface area contributed by atoms with Crippen molar-refractivity contribution in [1.29, 1.82) is 0 Å². The van der Waals surface area contributed by atoms with Crippen LogP contribution >= 0.6 is 17.9 Å². The van der Waals surface area contributed by atoms with Crippen LogP contribution in [0.15, 0.2) is 30.3 Å². The molecule has 0 aliphatic carbocycles. The number of hydrogen-bond acceptors (Lipinski definition) is 0. The van der Waals surface area contributed by atoms with Crippen molar-refractivity contribution >= 4 is 23.2 Å². The van der Waals surface area contributed by atoms with Crippen LogP contribution in [0.1, 0.15) is 41.5 Å². The molecule has 0 nitrogen and oxygen atoms in total. The van der Waals surface area contributed by atoms with E-state index >= 15 is 0 Å². The molecule has 0 saturated carbocycles. The van der Waals surface area contributed by atoms with E-state index in [2.05, 4.69) is 71.9 Å². The lowest BCUT2D eigenvalue weighted by atomic mass is 10.2. The Bertz CT molecular complexity index is 329. The number of hydrogen-bond donors (Lipinski definition) is 0. The van der Waals surface area contributed by atoms with Crippen LogP contribution < -0.4 is 5.30 Å². The zero-order valence-electron chi connectivity index (χ0n) is 11.2. The van der Waals surface area contributed by atoms with E-state index in [9.17, 15) is 0 Å². The number of halogens is 1. The lowest BCUT2D eigenvalue weighted by Gasteiger charge is -2.51. The smallest absolute Gasteiger partial charge is 0.00382 e. The van der Waals surface area contributed by atoms with Crippen LogP contribution in [0.25, 0.3) is 0 Å². The van der Waals surface area contributed by atoms with Gasteiger partial charge in [-0.2, -0.15) is 0 Å². The summed E-state index contributed by atoms with van der Waals surface area (Å²) in [6.07, 6.45) is 0. The fourth-order valence-electron chi connectivity index (χ4n) is 2.41. The topological polar surface area (TPSA) is 0 Å². The summed E-state index contributed by atoms with van der Waals surface area (Å²) in [4.78, 5) is 0. The summed E-state index contributed by atoms with van der Waals surface area (Å²) in [7, 11) is 0. The molecule has 1 aromatic rings. The first-order valence-corrected chi connectivity index (χ1v) is 8.44. The SMILES string of the molecule is CC(C)(C)[P](Cl)(c1ccccc1)C(C)(C)C. The van der Waals surface area contributed by atoms with E-state index in [-0.39, 0.29) is 10.3 Å². The molecular weight excluding hydrogens is 235 g/mol. The molecule has 1 aromatic carbocycles. The average molecular weight is 258 g/mol. The van der Waals surface area contributed by atoms with E-state index in [1.54, 1.807) is 0 Å². The van der Waals surface area contributed by atoms with Crippen LogP contribution in [0.4, 0.5) is 0 Å². The third kappa shape index (κ3) is 2.29. The second kappa shape index (κ2) is 4.31. The molecule has 0 atom stereocenters. The van der Waals surface area contributed by atoms with E-state index in [1.165, 1.54) is 5.30 Å². The Kier molecular flexibility index (Phi) is 3.78. The Balaban J connectivity index is 3.39. The van der Waals surface area contributed by atoms with E-state index in [1.807, 2.05) is 0 Å². The Morgan fingerprint density at radius 2 is 1.19 bits per heavy atom. The molecule has 2 heteroatoms. The van der Waals surface area contributed by atoms with Crippen LogP contribution in [-0.2, 0) is 0 Å². The average Bonchev–Trinajstić information content (AvgIpc) is 2.14. The van der Waals surface area contributed by atoms with Gasteiger partial charge in [0.05, 0.1) is 0 Å². The summed E-state index contributed by atoms with van der Waals surface area (Å²) in [6.45, 7) is 11.8. The normalized spacial score (nSPS) is 13.9. The van der Waals surface area contributed by atoms with Gasteiger partial charge in [-0.05, 0) is 22.2 Å². The molecule has 0 amide bonds. The Labute approximate surface area is 106 Å². The van der Waals surface area contributed by atoms with Gasteiger partial charge >= 0.3 is 0 Å². The predicted octanol–water partition coefficient (Wildman–Crippen LogP) is 5.08. The fourth-order valence-corrected chi connectivity index (χ4v) is 6.90. The molecule has 91 valence electrons. The van der Waals surface area contributed by atoms with Crippen molar-refractivity contribution in [2.75, 3.05) is 0 Å². The van der Waals surface area contributed by atoms with Gasteiger partial charge in [0.1, 0.15) is 0 Å². The van der Waals surface area contributed by atoms with Crippen molar-refractivity contribution in [3.05, 3.63) is 30.3 Å². The minimum Gasteiger partial charge on any atom is -0.0960 e. The summed E-state index contributed by atoms with van der Waals surface area (Å²) in [5, 5.41) is 1.55. The maximum absolute atomic E-state index is 7.13. The second-order valence-corrected chi connectivity index (χ2v) is 12.2. The molecule has 0 heterocycles. The van der Waals surface area contributed by atoms with Crippen molar-refractivity contribution in [2.24, 2.45) is 0 Å². The van der Waals surface area contributed by atoms with Crippen LogP contribution in [0.2, 0.25) is 0 Å². The molecule has 0 fully saturated rings. The van der Waals surface area contributed by atoms with Gasteiger partial charge in [0.15, 0.2) is 0 Å². The molecular formula is C14H23ClP. The van der Waals surface area contributed by atoms with Gasteiger partial charge in [0, 0.05) is 0 Å². The third-order valence-electron chi connectivity index (χ3n) is 2.96. The molecule has 0 N–H and O–H groups in total. The van der Waals surface area contributed by atoms with Gasteiger partial charge in [0.25, 0.3) is 0 Å². The largest absolute Gasteiger partial charge is 0.0960 e. The van der Waals surface area contributed by atoms with Crippen LogP contribution in [0.3, 0.4) is 0 Å². The van der Waals surface area contributed by atoms with E-state index in [4.69, 9.17) is 11.2 Å². The van der Waals surface area contributed by atoms with Crippen molar-refractivity contribution in [3.63, 3.8) is 0 Å². The summed E-state index contributed by atoms with van der Waals surface area (Å²) in [5.41, 5.74) is 0. The molecule has 16 heavy (non-hydrogen) atoms. The predicted molar refractivity (Wildman–Crippen MR) is 78.4 cm³/mol. The third-order valence-corrected chi connectivity index (χ3v) is 11.3. The van der Waals surface area contributed by atoms with Crippen molar-refractivity contribution < 1.29 is 0 Å². The van der Waals surface area contributed by atoms with E-state index in [0.717, 1.165) is 0 Å². The summed E-state index contributed by atoms with van der Waals surface area (Å²) < 4.78 is 0. The highest BCUT2D eigenvalue weighted by molar-refractivity contribution is 8.06. The fraction of sp³-hybridized carbons (Fsp3) is 0.571. The first kappa shape index (κ1) is 14.0. The molecule has 0 aliphatic rings. The van der Waals surface area contributed by atoms with Crippen LogP contribution in [0.5, 0.6) is 0 Å². The molecule has 0 saturated heterocycles. The summed E-state index contributed by atoms with van der Waals surface area (Å²) in [6, 6.07) is 10.6. The highest BCUT2D eigenvalue weighted by atomic mass is 35.7. The minimum absolute atomic E-state index is 0.119. The molecule has 0 aromatic heterocycles. The Hall–Kier alpha value is -0.0600. The Morgan fingerprint density at radius 1 is 0.812 bits per heavy atom. The van der Waals surface area contributed by atoms with Gasteiger partial charge in [-0.15, -0.1) is 0 Å². The lowest BCUT2D eigenvalue weighted by molar-refractivity contribution is 0.709. The van der Waals surface area contributed by atoms with Gasteiger partial charge < -0.3 is 0 Å². The van der Waals surface area contributed by atoms with Gasteiger partial charge in [-0.25, -0.2) is 0 Å². The second-order valence-electron chi connectivity index (χ2n) is 6.27. The first-order chi connectivity index (χ1) is 7.11. The maximum Gasteiger partial charge on any atom is -0.00382 e. The Morgan fingerprint density at radius 3 is 1.50 bits per heavy atom. The zero-order chi connectivity index (χ0) is 12.6. The van der Waals surface area contributed by atoms with Crippen molar-refractivity contribution in [2.45, 2.75) is 51.9 Å². The summed E-state index contributed by atoms with van der Waals surface area (Å²) in [5.74, 6) is 0. The molecule has 0 aliphatic heterocycles. The van der Waals surface area contributed by atoms with E-state index < -0.39 is 6.62 Å². The summed E-state index contributed by atoms with van der Waals surface area (Å²) >= 11 is 7.13. The van der Waals surface area contributed by atoms with Gasteiger partial charge in [-0.3, -0.25) is 0 Å². The molecule has 1 radical (unpaired) electrons. The maximum atomic E-state index is 7.13. The number of rotatable bonds is 1. The quantitative estimate of drug-likeness (QED) is 0.616. The highest BCUT2D eigenvalue weighted by Gasteiger charge is 2.48. The number of benzene rings is 1. The molecule has 1 rings (SSSR count). The zero-order valence-corrected chi connectivity index (χ0v) is 12.9. The van der Waals surface area contributed by atoms with Crippen molar-refractivity contribution in [1.82, 2.24) is 0 Å². The van der Waals surface area contributed by atoms with Crippen molar-refractivity contribution in [3.8, 4) is 0 Å². The minimum atomic E-state index is -1.72. The monoisotopic (exact) mass is 257 g/mol. The van der Waals surface area contributed by atoms with Crippen LogP contribution in [-0.4, -0.2) is 10.3 Å². The van der Waals surface area contributed by atoms with Crippen LogP contribution in [0, 0.1) is 0 Å². The first-order valence-electron chi connectivity index (χ1n) is 5.75. The lowest BCUT2D eigenvalue weighted by Crippen LogP contribution is -2.36. The standard InChI is InChI=1S/C14H23ClP/c1-13(2,3)16(15,14(4,5)6)12-10-8-7-9-11-12/h7-11H,1-6H3. The molecule has 0 unspecified atom stereocenters. The van der Waals surface area contributed by atoms with Gasteiger partial charge in [-0.1, -0.05) is 83.1 Å². The van der Waals surface area contributed by atoms with Gasteiger partial charge in [0.2, 0.25) is 0 Å².